The van der Waals surface area contributed by atoms with Gasteiger partial charge in [-0.1, -0.05) is 5.21 Å². The van der Waals surface area contributed by atoms with Crippen molar-refractivity contribution >= 4 is 5.82 Å². The molecule has 2 aromatic heterocycles. The molecule has 5 rings (SSSR count). The second-order valence-electron chi connectivity index (χ2n) is 7.70. The summed E-state index contributed by atoms with van der Waals surface area (Å²) in [6.45, 7) is 0. The fourth-order valence-electron chi connectivity index (χ4n) is 4.41. The molecule has 8 heteroatoms. The van der Waals surface area contributed by atoms with E-state index < -0.39 is 0 Å². The van der Waals surface area contributed by atoms with E-state index >= 15 is 0 Å². The van der Waals surface area contributed by atoms with Crippen LogP contribution < -0.4 is 10.2 Å². The Morgan fingerprint density at radius 1 is 1.11 bits per heavy atom. The number of hydrogen-bond donors (Lipinski definition) is 2. The molecular weight excluding hydrogens is 354 g/mol. The number of aromatic hydroxyl groups is 1. The minimum Gasteiger partial charge on any atom is -0.507 e. The van der Waals surface area contributed by atoms with E-state index in [-0.39, 0.29) is 5.75 Å². The third-order valence-corrected chi connectivity index (χ3v) is 5.95. The first-order chi connectivity index (χ1) is 13.7. The van der Waals surface area contributed by atoms with Crippen LogP contribution in [0.3, 0.4) is 0 Å². The lowest BCUT2D eigenvalue weighted by Crippen LogP contribution is -2.47. The van der Waals surface area contributed by atoms with E-state index in [2.05, 4.69) is 37.8 Å². The summed E-state index contributed by atoms with van der Waals surface area (Å²) in [7, 11) is 2.10. The molecule has 1 unspecified atom stereocenters. The number of nitrogens with one attached hydrogen (secondary N) is 1. The Hall–Kier alpha value is -3.00. The summed E-state index contributed by atoms with van der Waals surface area (Å²) in [6, 6.07) is 11.0. The highest BCUT2D eigenvalue weighted by molar-refractivity contribution is 5.68. The van der Waals surface area contributed by atoms with Crippen LogP contribution in [0.5, 0.6) is 5.75 Å². The summed E-state index contributed by atoms with van der Waals surface area (Å²) >= 11 is 0. The SMILES string of the molecule is CN(c1ccc(-c2ccc(-n3ccnn3)cc2O)nn1)C1C[C@H]2CC[C@@H](C1)N2. The Morgan fingerprint density at radius 2 is 1.93 bits per heavy atom. The number of phenolic OH excluding ortho intramolecular Hbond substituents is 1. The fourth-order valence-corrected chi connectivity index (χ4v) is 4.41. The van der Waals surface area contributed by atoms with Gasteiger partial charge in [-0.3, -0.25) is 0 Å². The number of piperidine rings is 1. The molecule has 2 saturated heterocycles. The van der Waals surface area contributed by atoms with Gasteiger partial charge in [-0.05, 0) is 49.9 Å². The monoisotopic (exact) mass is 377 g/mol. The third-order valence-electron chi connectivity index (χ3n) is 5.95. The molecule has 0 aliphatic carbocycles. The molecule has 28 heavy (non-hydrogen) atoms. The predicted molar refractivity (Wildman–Crippen MR) is 105 cm³/mol. The number of phenols is 1. The zero-order valence-electron chi connectivity index (χ0n) is 15.7. The van der Waals surface area contributed by atoms with Crippen LogP contribution in [-0.2, 0) is 0 Å². The average Bonchev–Trinajstić information content (AvgIpc) is 3.37. The van der Waals surface area contributed by atoms with E-state index in [1.54, 1.807) is 23.1 Å². The lowest BCUT2D eigenvalue weighted by molar-refractivity contribution is 0.353. The molecule has 0 radical (unpaired) electrons. The van der Waals surface area contributed by atoms with Crippen molar-refractivity contribution < 1.29 is 5.11 Å². The number of hydrogen-bond acceptors (Lipinski definition) is 7. The minimum absolute atomic E-state index is 0.137. The van der Waals surface area contributed by atoms with Gasteiger partial charge in [-0.25, -0.2) is 4.68 Å². The van der Waals surface area contributed by atoms with Gasteiger partial charge in [0.1, 0.15) is 5.75 Å². The zero-order chi connectivity index (χ0) is 19.1. The van der Waals surface area contributed by atoms with E-state index in [1.807, 2.05) is 24.3 Å². The van der Waals surface area contributed by atoms with Crippen molar-refractivity contribution in [2.75, 3.05) is 11.9 Å². The maximum absolute atomic E-state index is 10.4. The van der Waals surface area contributed by atoms with Crippen LogP contribution in [0.4, 0.5) is 5.82 Å². The van der Waals surface area contributed by atoms with Crippen LogP contribution in [0.25, 0.3) is 16.9 Å². The Kier molecular flexibility index (Phi) is 4.20. The van der Waals surface area contributed by atoms with Gasteiger partial charge in [0.2, 0.25) is 0 Å². The Bertz CT molecular complexity index is 945. The fraction of sp³-hybridized carbons (Fsp3) is 0.400. The Balaban J connectivity index is 1.35. The third kappa shape index (κ3) is 3.09. The topological polar surface area (TPSA) is 92.0 Å². The largest absolute Gasteiger partial charge is 0.507 e. The van der Waals surface area contributed by atoms with Crippen molar-refractivity contribution in [2.24, 2.45) is 0 Å². The van der Waals surface area contributed by atoms with Gasteiger partial charge in [-0.15, -0.1) is 15.3 Å². The lowest BCUT2D eigenvalue weighted by atomic mass is 9.98. The van der Waals surface area contributed by atoms with Crippen LogP contribution in [0, 0.1) is 0 Å². The number of nitrogens with zero attached hydrogens (tertiary/aromatic N) is 6. The predicted octanol–water partition coefficient (Wildman–Crippen LogP) is 2.15. The number of anilines is 1. The first kappa shape index (κ1) is 17.1. The summed E-state index contributed by atoms with van der Waals surface area (Å²) in [5, 5.41) is 30.6. The lowest BCUT2D eigenvalue weighted by Gasteiger charge is -2.36. The number of rotatable bonds is 4. The van der Waals surface area contributed by atoms with Crippen molar-refractivity contribution in [3.8, 4) is 22.7 Å². The molecule has 2 bridgehead atoms. The van der Waals surface area contributed by atoms with E-state index in [4.69, 9.17) is 0 Å². The van der Waals surface area contributed by atoms with Gasteiger partial charge in [0.15, 0.2) is 5.82 Å². The van der Waals surface area contributed by atoms with Crippen LogP contribution in [0.15, 0.2) is 42.7 Å². The number of benzene rings is 1. The molecule has 3 aromatic rings. The maximum atomic E-state index is 10.4. The van der Waals surface area contributed by atoms with Crippen LogP contribution in [0.2, 0.25) is 0 Å². The second kappa shape index (κ2) is 6.87. The molecule has 0 spiro atoms. The first-order valence-corrected chi connectivity index (χ1v) is 9.70. The summed E-state index contributed by atoms with van der Waals surface area (Å²) < 4.78 is 1.60. The highest BCUT2D eigenvalue weighted by Crippen LogP contribution is 2.32. The van der Waals surface area contributed by atoms with E-state index in [1.165, 1.54) is 12.8 Å². The maximum Gasteiger partial charge on any atom is 0.151 e. The quantitative estimate of drug-likeness (QED) is 0.720. The van der Waals surface area contributed by atoms with E-state index in [0.29, 0.717) is 29.4 Å². The summed E-state index contributed by atoms with van der Waals surface area (Å²) in [5.74, 6) is 1.01. The smallest absolute Gasteiger partial charge is 0.151 e. The van der Waals surface area contributed by atoms with E-state index in [0.717, 1.165) is 24.3 Å². The van der Waals surface area contributed by atoms with Crippen molar-refractivity contribution in [1.82, 2.24) is 30.5 Å². The molecule has 2 fully saturated rings. The van der Waals surface area contributed by atoms with Gasteiger partial charge >= 0.3 is 0 Å². The van der Waals surface area contributed by atoms with Crippen molar-refractivity contribution in [1.29, 1.82) is 0 Å². The van der Waals surface area contributed by atoms with Crippen LogP contribution in [0.1, 0.15) is 25.7 Å². The van der Waals surface area contributed by atoms with Gasteiger partial charge in [0, 0.05) is 36.8 Å². The standard InChI is InChI=1S/C20H23N7O/c1-26(16-10-13-2-3-14(11-16)22-13)20-7-6-18(23-24-20)17-5-4-15(12-19(17)28)27-9-8-21-25-27/h4-9,12-14,16,22,28H,2-3,10-11H2,1H3/t13-,14+,16?. The first-order valence-electron chi connectivity index (χ1n) is 9.70. The molecule has 2 aliphatic heterocycles. The number of fused-ring (bicyclic) bond motifs is 2. The van der Waals surface area contributed by atoms with E-state index in [9.17, 15) is 5.11 Å². The zero-order valence-corrected chi connectivity index (χ0v) is 15.7. The molecule has 3 atom stereocenters. The minimum atomic E-state index is 0.137. The summed E-state index contributed by atoms with van der Waals surface area (Å²) in [5.41, 5.74) is 2.03. The molecule has 4 heterocycles. The van der Waals surface area contributed by atoms with Crippen molar-refractivity contribution in [3.05, 3.63) is 42.7 Å². The Labute approximate surface area is 163 Å². The second-order valence-corrected chi connectivity index (χ2v) is 7.70. The highest BCUT2D eigenvalue weighted by atomic mass is 16.3. The highest BCUT2D eigenvalue weighted by Gasteiger charge is 2.35. The van der Waals surface area contributed by atoms with Crippen molar-refractivity contribution in [2.45, 2.75) is 43.8 Å². The normalized spacial score (nSPS) is 23.7. The summed E-state index contributed by atoms with van der Waals surface area (Å²) in [6.07, 6.45) is 8.19. The van der Waals surface area contributed by atoms with Crippen LogP contribution in [-0.4, -0.2) is 55.5 Å². The van der Waals surface area contributed by atoms with Gasteiger partial charge in [0.05, 0.1) is 23.8 Å². The molecular formula is C20H23N7O. The van der Waals surface area contributed by atoms with Gasteiger partial charge in [-0.2, -0.15) is 0 Å². The molecule has 0 saturated carbocycles. The van der Waals surface area contributed by atoms with Crippen LogP contribution >= 0.6 is 0 Å². The number of aromatic nitrogens is 5. The van der Waals surface area contributed by atoms with Gasteiger partial charge in [0.25, 0.3) is 0 Å². The van der Waals surface area contributed by atoms with Gasteiger partial charge < -0.3 is 15.3 Å². The molecule has 144 valence electrons. The molecule has 2 aliphatic rings. The molecule has 8 nitrogen and oxygen atoms in total. The Morgan fingerprint density at radius 3 is 2.57 bits per heavy atom. The molecule has 1 aromatic carbocycles. The molecule has 0 amide bonds. The van der Waals surface area contributed by atoms with Crippen molar-refractivity contribution in [3.63, 3.8) is 0 Å². The average molecular weight is 377 g/mol. The molecule has 2 N–H and O–H groups in total. The summed E-state index contributed by atoms with van der Waals surface area (Å²) in [4.78, 5) is 2.25.